The minimum atomic E-state index is -1.71. The second-order valence-corrected chi connectivity index (χ2v) is 11.5. The molecule has 1 aliphatic heterocycles. The van der Waals surface area contributed by atoms with Gasteiger partial charge in [-0.3, -0.25) is 0 Å². The molecule has 0 aromatic heterocycles. The Hall–Kier alpha value is -0.803. The van der Waals surface area contributed by atoms with Crippen LogP contribution in [0.15, 0.2) is 24.3 Å². The van der Waals surface area contributed by atoms with E-state index in [4.69, 9.17) is 4.43 Å². The molecule has 3 heteroatoms. The summed E-state index contributed by atoms with van der Waals surface area (Å²) in [4.78, 5) is 0. The van der Waals surface area contributed by atoms with Crippen molar-refractivity contribution in [3.63, 3.8) is 0 Å². The van der Waals surface area contributed by atoms with Gasteiger partial charge in [0.2, 0.25) is 8.32 Å². The van der Waals surface area contributed by atoms with E-state index in [1.54, 1.807) is 0 Å². The van der Waals surface area contributed by atoms with Crippen LogP contribution >= 0.6 is 0 Å². The molecule has 1 N–H and O–H groups in total. The van der Waals surface area contributed by atoms with E-state index in [0.29, 0.717) is 5.92 Å². The maximum Gasteiger partial charge on any atom is 0.250 e. The van der Waals surface area contributed by atoms with Crippen LogP contribution in [-0.4, -0.2) is 21.4 Å². The molecule has 0 unspecified atom stereocenters. The summed E-state index contributed by atoms with van der Waals surface area (Å²) < 4.78 is 6.34. The number of benzene rings is 1. The van der Waals surface area contributed by atoms with Crippen molar-refractivity contribution in [2.45, 2.75) is 44.8 Å². The van der Waals surface area contributed by atoms with Crippen molar-refractivity contribution in [3.05, 3.63) is 29.8 Å². The molecule has 2 rings (SSSR count). The lowest BCUT2D eigenvalue weighted by Gasteiger charge is -2.37. The summed E-state index contributed by atoms with van der Waals surface area (Å²) in [6.07, 6.45) is 0. The first kappa shape index (κ1) is 13.6. The predicted octanol–water partition coefficient (Wildman–Crippen LogP) is 3.76. The lowest BCUT2D eigenvalue weighted by Crippen LogP contribution is -2.44. The van der Waals surface area contributed by atoms with Gasteiger partial charge in [0.25, 0.3) is 0 Å². The highest BCUT2D eigenvalue weighted by atomic mass is 28.4. The lowest BCUT2D eigenvalue weighted by atomic mass is 9.94. The molecule has 0 spiro atoms. The summed E-state index contributed by atoms with van der Waals surface area (Å²) in [5.41, 5.74) is 1.41. The highest BCUT2D eigenvalue weighted by molar-refractivity contribution is 6.74. The number of rotatable bonds is 3. The Kier molecular flexibility index (Phi) is 3.56. The Labute approximate surface area is 112 Å². The molecule has 0 amide bonds. The normalized spacial score (nSPS) is 17.4. The van der Waals surface area contributed by atoms with Gasteiger partial charge in [-0.05, 0) is 35.8 Å². The maximum absolute atomic E-state index is 6.34. The Morgan fingerprint density at radius 2 is 1.89 bits per heavy atom. The highest BCUT2D eigenvalue weighted by Crippen LogP contribution is 2.37. The molecular weight excluding hydrogens is 238 g/mol. The highest BCUT2D eigenvalue weighted by Gasteiger charge is 2.39. The zero-order valence-corrected chi connectivity index (χ0v) is 13.2. The largest absolute Gasteiger partial charge is 0.543 e. The molecule has 1 aliphatic rings. The van der Waals surface area contributed by atoms with Crippen LogP contribution in [0.4, 0.5) is 0 Å². The van der Waals surface area contributed by atoms with Crippen LogP contribution in [0.3, 0.4) is 0 Å². The summed E-state index contributed by atoms with van der Waals surface area (Å²) in [5.74, 6) is 1.72. The summed E-state index contributed by atoms with van der Waals surface area (Å²) in [6.45, 7) is 13.6. The number of hydrogen-bond donors (Lipinski definition) is 1. The van der Waals surface area contributed by atoms with Gasteiger partial charge in [-0.15, -0.1) is 0 Å². The Morgan fingerprint density at radius 1 is 1.22 bits per heavy atom. The van der Waals surface area contributed by atoms with Crippen molar-refractivity contribution in [1.82, 2.24) is 5.32 Å². The molecule has 2 nitrogen and oxygen atoms in total. The van der Waals surface area contributed by atoms with Gasteiger partial charge in [0.05, 0.1) is 0 Å². The quantitative estimate of drug-likeness (QED) is 0.839. The van der Waals surface area contributed by atoms with Crippen LogP contribution in [0, 0.1) is 0 Å². The van der Waals surface area contributed by atoms with Gasteiger partial charge >= 0.3 is 0 Å². The molecule has 18 heavy (non-hydrogen) atoms. The number of nitrogens with one attached hydrogen (secondary N) is 1. The fourth-order valence-corrected chi connectivity index (χ4v) is 2.83. The van der Waals surface area contributed by atoms with Crippen molar-refractivity contribution >= 4 is 8.32 Å². The number of hydrogen-bond acceptors (Lipinski definition) is 2. The molecule has 1 aromatic rings. The van der Waals surface area contributed by atoms with E-state index in [9.17, 15) is 0 Å². The van der Waals surface area contributed by atoms with E-state index < -0.39 is 8.32 Å². The minimum Gasteiger partial charge on any atom is -0.543 e. The van der Waals surface area contributed by atoms with Crippen LogP contribution in [0.5, 0.6) is 5.75 Å². The monoisotopic (exact) mass is 263 g/mol. The van der Waals surface area contributed by atoms with Crippen molar-refractivity contribution in [2.24, 2.45) is 0 Å². The van der Waals surface area contributed by atoms with Crippen LogP contribution in [0.25, 0.3) is 0 Å². The first-order chi connectivity index (χ1) is 8.29. The van der Waals surface area contributed by atoms with Gasteiger partial charge in [-0.2, -0.15) is 0 Å². The van der Waals surface area contributed by atoms with E-state index >= 15 is 0 Å². The summed E-state index contributed by atoms with van der Waals surface area (Å²) >= 11 is 0. The first-order valence-corrected chi connectivity index (χ1v) is 9.70. The topological polar surface area (TPSA) is 21.3 Å². The van der Waals surface area contributed by atoms with E-state index in [2.05, 4.69) is 63.4 Å². The minimum absolute atomic E-state index is 0.251. The fraction of sp³-hybridized carbons (Fsp3) is 0.600. The van der Waals surface area contributed by atoms with Gasteiger partial charge < -0.3 is 9.74 Å². The van der Waals surface area contributed by atoms with Crippen molar-refractivity contribution in [3.8, 4) is 5.75 Å². The van der Waals surface area contributed by atoms with Crippen LogP contribution in [-0.2, 0) is 0 Å². The second-order valence-electron chi connectivity index (χ2n) is 6.79. The third-order valence-electron chi connectivity index (χ3n) is 4.29. The van der Waals surface area contributed by atoms with E-state index in [-0.39, 0.29) is 5.04 Å². The fourth-order valence-electron chi connectivity index (χ4n) is 1.80. The molecule has 1 heterocycles. The predicted molar refractivity (Wildman–Crippen MR) is 79.9 cm³/mol. The van der Waals surface area contributed by atoms with Crippen LogP contribution in [0.2, 0.25) is 18.1 Å². The summed E-state index contributed by atoms with van der Waals surface area (Å²) in [7, 11) is -1.71. The molecule has 0 aliphatic carbocycles. The molecule has 0 saturated carbocycles. The molecule has 1 saturated heterocycles. The average molecular weight is 263 g/mol. The second kappa shape index (κ2) is 4.70. The van der Waals surface area contributed by atoms with Crippen LogP contribution < -0.4 is 9.74 Å². The Balaban J connectivity index is 2.14. The van der Waals surface area contributed by atoms with E-state index in [1.807, 2.05) is 0 Å². The molecule has 0 radical (unpaired) electrons. The molecule has 1 aromatic carbocycles. The van der Waals surface area contributed by atoms with Crippen molar-refractivity contribution in [2.75, 3.05) is 13.1 Å². The average Bonchev–Trinajstić information content (AvgIpc) is 2.12. The van der Waals surface area contributed by atoms with Gasteiger partial charge in [0.15, 0.2) is 0 Å². The molecule has 100 valence electrons. The maximum atomic E-state index is 6.34. The molecule has 0 bridgehead atoms. The third-order valence-corrected chi connectivity index (χ3v) is 8.65. The Morgan fingerprint density at radius 3 is 2.39 bits per heavy atom. The van der Waals surface area contributed by atoms with Gasteiger partial charge in [-0.1, -0.05) is 32.9 Å². The lowest BCUT2D eigenvalue weighted by molar-refractivity contribution is 0.445. The Bertz CT molecular complexity index is 419. The molecule has 1 fully saturated rings. The molecular formula is C15H25NOSi. The van der Waals surface area contributed by atoms with Crippen molar-refractivity contribution < 1.29 is 4.43 Å². The summed E-state index contributed by atoms with van der Waals surface area (Å²) in [5, 5.41) is 3.57. The van der Waals surface area contributed by atoms with Gasteiger partial charge in [0, 0.05) is 19.0 Å². The third kappa shape index (κ3) is 2.78. The van der Waals surface area contributed by atoms with Gasteiger partial charge in [0.1, 0.15) is 5.75 Å². The zero-order chi connectivity index (χ0) is 13.4. The summed E-state index contributed by atoms with van der Waals surface area (Å²) in [6, 6.07) is 8.65. The standard InChI is InChI=1S/C15H25NOSi/c1-15(2,3)18(4,5)17-14-8-6-7-12(9-14)13-10-16-11-13/h6-9,13,16H,10-11H2,1-5H3. The zero-order valence-electron chi connectivity index (χ0n) is 12.2. The van der Waals surface area contributed by atoms with E-state index in [1.165, 1.54) is 5.56 Å². The van der Waals surface area contributed by atoms with E-state index in [0.717, 1.165) is 18.8 Å². The molecule has 0 atom stereocenters. The van der Waals surface area contributed by atoms with Gasteiger partial charge in [-0.25, -0.2) is 0 Å². The SMILES string of the molecule is CC(C)(C)[Si](C)(C)Oc1cccc(C2CNC2)c1. The van der Waals surface area contributed by atoms with Crippen molar-refractivity contribution in [1.29, 1.82) is 0 Å². The smallest absolute Gasteiger partial charge is 0.250 e. The van der Waals surface area contributed by atoms with Crippen LogP contribution in [0.1, 0.15) is 32.3 Å². The first-order valence-electron chi connectivity index (χ1n) is 6.79.